The summed E-state index contributed by atoms with van der Waals surface area (Å²) in [6, 6.07) is 0. The number of rotatable bonds is 7. The molecule has 4 nitrogen and oxygen atoms in total. The summed E-state index contributed by atoms with van der Waals surface area (Å²) in [5.41, 5.74) is -1.00. The lowest BCUT2D eigenvalue weighted by Gasteiger charge is -2.33. The van der Waals surface area contributed by atoms with Crippen molar-refractivity contribution in [1.82, 2.24) is 0 Å². The predicted octanol–water partition coefficient (Wildman–Crippen LogP) is 3.35. The van der Waals surface area contributed by atoms with Gasteiger partial charge in [-0.15, -0.1) is 0 Å². The standard InChI is InChI=1S/C15H24O4/c1-5-7-11-12(18-3)9-15(8-6-2,14(16)17)10-13(11)19-4/h9-11H,5-8H2,1-4H3,(H,16,17). The molecule has 108 valence electrons. The summed E-state index contributed by atoms with van der Waals surface area (Å²) in [6.07, 6.45) is 6.71. The number of hydrogen-bond acceptors (Lipinski definition) is 3. The molecule has 0 aromatic carbocycles. The second-order valence-corrected chi connectivity index (χ2v) is 4.94. The van der Waals surface area contributed by atoms with E-state index in [9.17, 15) is 9.90 Å². The van der Waals surface area contributed by atoms with Crippen LogP contribution in [0.2, 0.25) is 0 Å². The van der Waals surface area contributed by atoms with E-state index in [1.165, 1.54) is 0 Å². The van der Waals surface area contributed by atoms with Crippen LogP contribution in [-0.2, 0) is 14.3 Å². The van der Waals surface area contributed by atoms with Crippen LogP contribution in [0.25, 0.3) is 0 Å². The first-order valence-corrected chi connectivity index (χ1v) is 6.81. The van der Waals surface area contributed by atoms with Crippen LogP contribution >= 0.6 is 0 Å². The van der Waals surface area contributed by atoms with E-state index in [2.05, 4.69) is 6.92 Å². The van der Waals surface area contributed by atoms with Crippen molar-refractivity contribution in [1.29, 1.82) is 0 Å². The lowest BCUT2D eigenvalue weighted by atomic mass is 9.75. The molecule has 0 aromatic rings. The van der Waals surface area contributed by atoms with Crippen LogP contribution in [0, 0.1) is 11.3 Å². The fourth-order valence-corrected chi connectivity index (χ4v) is 2.65. The predicted molar refractivity (Wildman–Crippen MR) is 73.6 cm³/mol. The van der Waals surface area contributed by atoms with E-state index in [0.29, 0.717) is 17.9 Å². The lowest BCUT2D eigenvalue weighted by molar-refractivity contribution is -0.144. The smallest absolute Gasteiger partial charge is 0.317 e. The molecule has 0 spiro atoms. The molecule has 0 saturated carbocycles. The van der Waals surface area contributed by atoms with E-state index in [1.54, 1.807) is 26.4 Å². The minimum Gasteiger partial charge on any atom is -0.501 e. The molecule has 0 aliphatic heterocycles. The highest BCUT2D eigenvalue weighted by Crippen LogP contribution is 2.41. The van der Waals surface area contributed by atoms with Gasteiger partial charge in [0.05, 0.1) is 20.1 Å². The van der Waals surface area contributed by atoms with E-state index in [-0.39, 0.29) is 5.92 Å². The first-order valence-electron chi connectivity index (χ1n) is 6.81. The third-order valence-corrected chi connectivity index (χ3v) is 3.60. The molecule has 0 heterocycles. The van der Waals surface area contributed by atoms with Gasteiger partial charge in [0.2, 0.25) is 0 Å². The molecule has 1 rings (SSSR count). The first kappa shape index (κ1) is 15.6. The van der Waals surface area contributed by atoms with E-state index in [0.717, 1.165) is 19.3 Å². The van der Waals surface area contributed by atoms with Gasteiger partial charge in [-0.3, -0.25) is 4.79 Å². The maximum absolute atomic E-state index is 11.7. The third kappa shape index (κ3) is 3.11. The molecular weight excluding hydrogens is 244 g/mol. The van der Waals surface area contributed by atoms with Crippen molar-refractivity contribution in [3.8, 4) is 0 Å². The Balaban J connectivity index is 3.25. The van der Waals surface area contributed by atoms with E-state index in [1.807, 2.05) is 6.92 Å². The van der Waals surface area contributed by atoms with Crippen molar-refractivity contribution in [2.45, 2.75) is 39.5 Å². The van der Waals surface area contributed by atoms with Gasteiger partial charge in [0, 0.05) is 0 Å². The SMILES string of the molecule is CCCC1C(OC)=CC(CCC)(C(=O)O)C=C1OC. The lowest BCUT2D eigenvalue weighted by Crippen LogP contribution is -2.32. The fraction of sp³-hybridized carbons (Fsp3) is 0.667. The Hall–Kier alpha value is -1.45. The minimum atomic E-state index is -1.00. The molecule has 19 heavy (non-hydrogen) atoms. The van der Waals surface area contributed by atoms with E-state index < -0.39 is 11.4 Å². The number of methoxy groups -OCH3 is 2. The van der Waals surface area contributed by atoms with Crippen molar-refractivity contribution in [3.05, 3.63) is 23.7 Å². The summed E-state index contributed by atoms with van der Waals surface area (Å²) >= 11 is 0. The van der Waals surface area contributed by atoms with Crippen LogP contribution in [0.3, 0.4) is 0 Å². The third-order valence-electron chi connectivity index (χ3n) is 3.60. The number of carboxylic acid groups (broad SMARTS) is 1. The molecule has 1 N–H and O–H groups in total. The number of ether oxygens (including phenoxy) is 2. The molecular formula is C15H24O4. The van der Waals surface area contributed by atoms with Gasteiger partial charge >= 0.3 is 5.97 Å². The van der Waals surface area contributed by atoms with Crippen LogP contribution in [0.15, 0.2) is 23.7 Å². The average molecular weight is 268 g/mol. The molecule has 0 atom stereocenters. The summed E-state index contributed by atoms with van der Waals surface area (Å²) in [5.74, 6) is 0.590. The molecule has 0 bridgehead atoms. The molecule has 0 unspecified atom stereocenters. The van der Waals surface area contributed by atoms with Gasteiger partial charge in [-0.1, -0.05) is 26.7 Å². The zero-order chi connectivity index (χ0) is 14.5. The van der Waals surface area contributed by atoms with Gasteiger partial charge in [-0.2, -0.15) is 0 Å². The molecule has 0 radical (unpaired) electrons. The molecule has 0 aromatic heterocycles. The van der Waals surface area contributed by atoms with Crippen molar-refractivity contribution >= 4 is 5.97 Å². The van der Waals surface area contributed by atoms with Gasteiger partial charge in [0.25, 0.3) is 0 Å². The second kappa shape index (κ2) is 6.64. The monoisotopic (exact) mass is 268 g/mol. The Morgan fingerprint density at radius 1 is 1.21 bits per heavy atom. The Kier molecular flexibility index (Phi) is 5.45. The summed E-state index contributed by atoms with van der Waals surface area (Å²) in [7, 11) is 3.18. The van der Waals surface area contributed by atoms with E-state index in [4.69, 9.17) is 9.47 Å². The summed E-state index contributed by atoms with van der Waals surface area (Å²) < 4.78 is 10.8. The number of carbonyl (C=O) groups is 1. The summed E-state index contributed by atoms with van der Waals surface area (Å²) in [4.78, 5) is 11.7. The fourth-order valence-electron chi connectivity index (χ4n) is 2.65. The van der Waals surface area contributed by atoms with Crippen LogP contribution in [0.4, 0.5) is 0 Å². The van der Waals surface area contributed by atoms with E-state index >= 15 is 0 Å². The topological polar surface area (TPSA) is 55.8 Å². The molecule has 0 fully saturated rings. The number of carboxylic acids is 1. The van der Waals surface area contributed by atoms with Crippen molar-refractivity contribution < 1.29 is 19.4 Å². The van der Waals surface area contributed by atoms with Gasteiger partial charge in [-0.25, -0.2) is 0 Å². The van der Waals surface area contributed by atoms with Gasteiger partial charge < -0.3 is 14.6 Å². The van der Waals surface area contributed by atoms with Crippen LogP contribution in [0.1, 0.15) is 39.5 Å². The van der Waals surface area contributed by atoms with Crippen molar-refractivity contribution in [2.24, 2.45) is 11.3 Å². The van der Waals surface area contributed by atoms with Gasteiger partial charge in [0.1, 0.15) is 16.9 Å². The Morgan fingerprint density at radius 2 is 1.74 bits per heavy atom. The molecule has 0 saturated heterocycles. The highest BCUT2D eigenvalue weighted by atomic mass is 16.5. The molecule has 1 aliphatic carbocycles. The van der Waals surface area contributed by atoms with Gasteiger partial charge in [0.15, 0.2) is 0 Å². The maximum atomic E-state index is 11.7. The minimum absolute atomic E-state index is 0.0318. The highest BCUT2D eigenvalue weighted by molar-refractivity contribution is 5.80. The average Bonchev–Trinajstić information content (AvgIpc) is 2.40. The Labute approximate surface area is 115 Å². The summed E-state index contributed by atoms with van der Waals surface area (Å²) in [5, 5.41) is 9.56. The molecule has 4 heteroatoms. The Bertz CT molecular complexity index is 360. The second-order valence-electron chi connectivity index (χ2n) is 4.94. The summed E-state index contributed by atoms with van der Waals surface area (Å²) in [6.45, 7) is 4.06. The number of hydrogen-bond donors (Lipinski definition) is 1. The van der Waals surface area contributed by atoms with Gasteiger partial charge in [-0.05, 0) is 25.0 Å². The first-order chi connectivity index (χ1) is 9.04. The van der Waals surface area contributed by atoms with Crippen LogP contribution < -0.4 is 0 Å². The Morgan fingerprint density at radius 3 is 2.05 bits per heavy atom. The molecule has 0 amide bonds. The normalized spacial score (nSPS) is 26.4. The van der Waals surface area contributed by atoms with Crippen LogP contribution in [0.5, 0.6) is 0 Å². The molecule has 1 aliphatic rings. The zero-order valence-corrected chi connectivity index (χ0v) is 12.2. The number of aliphatic carboxylic acids is 1. The van der Waals surface area contributed by atoms with Crippen LogP contribution in [-0.4, -0.2) is 25.3 Å². The van der Waals surface area contributed by atoms with Crippen molar-refractivity contribution in [2.75, 3.05) is 14.2 Å². The quantitative estimate of drug-likeness (QED) is 0.769. The highest BCUT2D eigenvalue weighted by Gasteiger charge is 2.41. The largest absolute Gasteiger partial charge is 0.501 e. The maximum Gasteiger partial charge on any atom is 0.317 e. The zero-order valence-electron chi connectivity index (χ0n) is 12.2. The van der Waals surface area contributed by atoms with Crippen molar-refractivity contribution in [3.63, 3.8) is 0 Å².